The molecule has 108 valence electrons. The molecule has 20 heavy (non-hydrogen) atoms. The first-order chi connectivity index (χ1) is 9.46. The van der Waals surface area contributed by atoms with E-state index in [1.165, 1.54) is 0 Å². The summed E-state index contributed by atoms with van der Waals surface area (Å²) in [6, 6.07) is 3.45. The maximum absolute atomic E-state index is 12.4. The van der Waals surface area contributed by atoms with Crippen LogP contribution >= 0.6 is 0 Å². The van der Waals surface area contributed by atoms with E-state index in [4.69, 9.17) is 4.74 Å². The largest absolute Gasteiger partial charge is 0.481 e. The zero-order valence-electron chi connectivity index (χ0n) is 12.3. The first-order valence-corrected chi connectivity index (χ1v) is 6.86. The fraction of sp³-hybridized carbons (Fsp3) is 0.533. The zero-order chi connectivity index (χ0) is 14.8. The van der Waals surface area contributed by atoms with Gasteiger partial charge in [0.05, 0.1) is 34.2 Å². The lowest BCUT2D eigenvalue weighted by Crippen LogP contribution is -2.53. The lowest BCUT2D eigenvalue weighted by molar-refractivity contribution is -0.840. The van der Waals surface area contributed by atoms with Gasteiger partial charge in [0.25, 0.3) is 0 Å². The second-order valence-electron chi connectivity index (χ2n) is 5.59. The number of rotatable bonds is 3. The van der Waals surface area contributed by atoms with Crippen LogP contribution in [0.15, 0.2) is 18.3 Å². The molecule has 1 aromatic rings. The predicted molar refractivity (Wildman–Crippen MR) is 74.4 cm³/mol. The highest BCUT2D eigenvalue weighted by Gasteiger charge is 2.36. The van der Waals surface area contributed by atoms with Crippen molar-refractivity contribution >= 4 is 11.7 Å². The summed E-state index contributed by atoms with van der Waals surface area (Å²) in [4.78, 5) is 28.1. The Morgan fingerprint density at radius 1 is 1.30 bits per heavy atom. The molecule has 0 N–H and O–H groups in total. The summed E-state index contributed by atoms with van der Waals surface area (Å²) in [5, 5.41) is 0. The number of carbonyl (C=O) groups is 2. The number of ketones is 1. The quantitative estimate of drug-likeness (QED) is 0.623. The SMILES string of the molecule is COc1ccc(C(=O)C2CC[N+](C)(C(C)=O)CC2)cn1. The molecule has 1 amide bonds. The molecule has 0 bridgehead atoms. The Balaban J connectivity index is 2.02. The van der Waals surface area contributed by atoms with Crippen LogP contribution in [0.4, 0.5) is 0 Å². The maximum atomic E-state index is 12.4. The number of methoxy groups -OCH3 is 1. The molecule has 1 aliphatic rings. The third-order valence-electron chi connectivity index (χ3n) is 4.30. The molecule has 1 saturated heterocycles. The number of piperidine rings is 1. The van der Waals surface area contributed by atoms with E-state index in [0.717, 1.165) is 25.9 Å². The van der Waals surface area contributed by atoms with E-state index in [0.29, 0.717) is 15.9 Å². The van der Waals surface area contributed by atoms with E-state index in [2.05, 4.69) is 4.98 Å². The van der Waals surface area contributed by atoms with E-state index >= 15 is 0 Å². The third-order valence-corrected chi connectivity index (χ3v) is 4.30. The molecule has 0 unspecified atom stereocenters. The second-order valence-corrected chi connectivity index (χ2v) is 5.59. The summed E-state index contributed by atoms with van der Waals surface area (Å²) < 4.78 is 5.42. The normalized spacial score (nSPS) is 26.1. The molecule has 2 heterocycles. The molecule has 1 fully saturated rings. The number of pyridine rings is 1. The van der Waals surface area contributed by atoms with Gasteiger partial charge in [0.1, 0.15) is 0 Å². The molecule has 1 aromatic heterocycles. The van der Waals surface area contributed by atoms with Crippen LogP contribution in [0.25, 0.3) is 0 Å². The number of Topliss-reactive ketones (excluding diaryl/α,β-unsaturated/α-hetero) is 1. The summed E-state index contributed by atoms with van der Waals surface area (Å²) in [6.45, 7) is 3.08. The number of nitrogens with zero attached hydrogens (tertiary/aromatic N) is 2. The molecule has 5 heteroatoms. The summed E-state index contributed by atoms with van der Waals surface area (Å²) in [5.41, 5.74) is 0.620. The van der Waals surface area contributed by atoms with Gasteiger partial charge in [-0.15, -0.1) is 0 Å². The molecule has 0 atom stereocenters. The number of quaternary nitrogens is 1. The fourth-order valence-corrected chi connectivity index (χ4v) is 2.60. The van der Waals surface area contributed by atoms with Crippen LogP contribution < -0.4 is 4.74 Å². The minimum atomic E-state index is -0.00394. The van der Waals surface area contributed by atoms with Gasteiger partial charge in [0, 0.05) is 36.6 Å². The Morgan fingerprint density at radius 3 is 2.40 bits per heavy atom. The summed E-state index contributed by atoms with van der Waals surface area (Å²) in [6.07, 6.45) is 3.07. The number of aromatic nitrogens is 1. The summed E-state index contributed by atoms with van der Waals surface area (Å²) >= 11 is 0. The van der Waals surface area contributed by atoms with Crippen molar-refractivity contribution in [1.29, 1.82) is 0 Å². The highest BCUT2D eigenvalue weighted by atomic mass is 16.5. The average Bonchev–Trinajstić information content (AvgIpc) is 2.47. The first-order valence-electron chi connectivity index (χ1n) is 6.86. The molecule has 0 radical (unpaired) electrons. The van der Waals surface area contributed by atoms with E-state index in [1.807, 2.05) is 7.05 Å². The van der Waals surface area contributed by atoms with Crippen LogP contribution in [0.2, 0.25) is 0 Å². The van der Waals surface area contributed by atoms with Crippen molar-refractivity contribution in [2.24, 2.45) is 5.92 Å². The minimum Gasteiger partial charge on any atom is -0.481 e. The highest BCUT2D eigenvalue weighted by Crippen LogP contribution is 2.25. The van der Waals surface area contributed by atoms with Crippen molar-refractivity contribution in [3.8, 4) is 5.88 Å². The van der Waals surface area contributed by atoms with Crippen LogP contribution in [0, 0.1) is 5.92 Å². The molecule has 1 aliphatic heterocycles. The van der Waals surface area contributed by atoms with Gasteiger partial charge >= 0.3 is 5.91 Å². The Labute approximate surface area is 119 Å². The molecule has 0 spiro atoms. The molecule has 0 saturated carbocycles. The number of amides is 1. The van der Waals surface area contributed by atoms with Crippen molar-refractivity contribution in [2.45, 2.75) is 19.8 Å². The van der Waals surface area contributed by atoms with Crippen molar-refractivity contribution in [1.82, 2.24) is 4.98 Å². The van der Waals surface area contributed by atoms with Gasteiger partial charge < -0.3 is 4.74 Å². The molecule has 5 nitrogen and oxygen atoms in total. The predicted octanol–water partition coefficient (Wildman–Crippen LogP) is 1.68. The van der Waals surface area contributed by atoms with E-state index < -0.39 is 0 Å². The van der Waals surface area contributed by atoms with Gasteiger partial charge in [-0.2, -0.15) is 0 Å². The van der Waals surface area contributed by atoms with E-state index in [1.54, 1.807) is 32.4 Å². The average molecular weight is 277 g/mol. The number of ether oxygens (including phenoxy) is 1. The van der Waals surface area contributed by atoms with Gasteiger partial charge in [-0.25, -0.2) is 9.78 Å². The van der Waals surface area contributed by atoms with E-state index in [9.17, 15) is 9.59 Å². The lowest BCUT2D eigenvalue weighted by Gasteiger charge is -2.36. The number of hydrogen-bond donors (Lipinski definition) is 0. The Kier molecular flexibility index (Phi) is 4.18. The van der Waals surface area contributed by atoms with Gasteiger partial charge in [-0.1, -0.05) is 0 Å². The fourth-order valence-electron chi connectivity index (χ4n) is 2.60. The van der Waals surface area contributed by atoms with Gasteiger partial charge in [-0.3, -0.25) is 9.28 Å². The van der Waals surface area contributed by atoms with Crippen LogP contribution in [0.3, 0.4) is 0 Å². The number of carbonyl (C=O) groups excluding carboxylic acids is 2. The van der Waals surface area contributed by atoms with Crippen LogP contribution in [0.1, 0.15) is 30.1 Å². The van der Waals surface area contributed by atoms with Gasteiger partial charge in [0.15, 0.2) is 5.78 Å². The minimum absolute atomic E-state index is 0.00394. The van der Waals surface area contributed by atoms with Crippen molar-refractivity contribution in [2.75, 3.05) is 27.2 Å². The molecular weight excluding hydrogens is 256 g/mol. The van der Waals surface area contributed by atoms with Gasteiger partial charge in [-0.05, 0) is 6.07 Å². The van der Waals surface area contributed by atoms with Crippen LogP contribution in [0.5, 0.6) is 5.88 Å². The highest BCUT2D eigenvalue weighted by molar-refractivity contribution is 5.97. The first kappa shape index (κ1) is 14.7. The maximum Gasteiger partial charge on any atom is 0.310 e. The van der Waals surface area contributed by atoms with Gasteiger partial charge in [0.2, 0.25) is 5.88 Å². The third kappa shape index (κ3) is 2.88. The zero-order valence-corrected chi connectivity index (χ0v) is 12.3. The van der Waals surface area contributed by atoms with Crippen molar-refractivity contribution in [3.63, 3.8) is 0 Å². The summed E-state index contributed by atoms with van der Waals surface area (Å²) in [5.74, 6) is 0.790. The Hall–Kier alpha value is -1.75. The van der Waals surface area contributed by atoms with Crippen LogP contribution in [-0.4, -0.2) is 48.4 Å². The Bertz CT molecular complexity index is 502. The van der Waals surface area contributed by atoms with Crippen molar-refractivity contribution in [3.05, 3.63) is 23.9 Å². The van der Waals surface area contributed by atoms with Crippen molar-refractivity contribution < 1.29 is 18.8 Å². The lowest BCUT2D eigenvalue weighted by atomic mass is 9.88. The Morgan fingerprint density at radius 2 is 1.95 bits per heavy atom. The molecular formula is C15H21N2O3+. The number of hydrogen-bond acceptors (Lipinski definition) is 4. The summed E-state index contributed by atoms with van der Waals surface area (Å²) in [7, 11) is 3.49. The monoisotopic (exact) mass is 277 g/mol. The van der Waals surface area contributed by atoms with E-state index in [-0.39, 0.29) is 17.6 Å². The topological polar surface area (TPSA) is 56.3 Å². The number of likely N-dealkylation sites (tertiary alicyclic amines) is 1. The standard InChI is InChI=1S/C15H21N2O3/c1-11(18)17(2)8-6-12(7-9-17)15(19)13-4-5-14(20-3)16-10-13/h4-5,10,12H,6-9H2,1-3H3/q+1. The van der Waals surface area contributed by atoms with Crippen LogP contribution in [-0.2, 0) is 4.79 Å². The molecule has 0 aliphatic carbocycles. The molecule has 2 rings (SSSR count). The second kappa shape index (κ2) is 5.71. The smallest absolute Gasteiger partial charge is 0.310 e. The molecule has 0 aromatic carbocycles.